The molecule has 0 spiro atoms. The zero-order valence-electron chi connectivity index (χ0n) is 31.8. The fraction of sp³-hybridized carbons (Fsp3) is 0. The average Bonchev–Trinajstić information content (AvgIpc) is 4.08. The second-order valence-corrected chi connectivity index (χ2v) is 17.1. The van der Waals surface area contributed by atoms with Crippen molar-refractivity contribution < 1.29 is 0 Å². The SMILES string of the molecule is c1ccc(-c2nc(-c3cccc4sc5ccccc5c34)nc(-n3c4ccccc4c4ccc5c6ccccc6n(-c6cccc(-c7nc8ccccc8s7)c6)c5c43)n2)cc1. The summed E-state index contributed by atoms with van der Waals surface area (Å²) < 4.78 is 8.30. The van der Waals surface area contributed by atoms with Gasteiger partial charge in [-0.2, -0.15) is 9.97 Å². The van der Waals surface area contributed by atoms with Crippen molar-refractivity contribution in [2.24, 2.45) is 0 Å². The molecule has 280 valence electrons. The van der Waals surface area contributed by atoms with E-state index in [4.69, 9.17) is 19.9 Å². The molecule has 8 aromatic carbocycles. The minimum Gasteiger partial charge on any atom is -0.307 e. The van der Waals surface area contributed by atoms with Crippen LogP contribution in [0, 0.1) is 0 Å². The number of nitrogens with zero attached hydrogens (tertiary/aromatic N) is 6. The second-order valence-electron chi connectivity index (χ2n) is 15.0. The lowest BCUT2D eigenvalue weighted by atomic mass is 10.1. The van der Waals surface area contributed by atoms with E-state index in [-0.39, 0.29) is 0 Å². The summed E-state index contributed by atoms with van der Waals surface area (Å²) in [6, 6.07) is 64.3. The van der Waals surface area contributed by atoms with Gasteiger partial charge in [0.15, 0.2) is 11.6 Å². The maximum atomic E-state index is 5.48. The van der Waals surface area contributed by atoms with E-state index in [0.29, 0.717) is 17.6 Å². The molecule has 0 saturated heterocycles. The molecule has 0 atom stereocenters. The van der Waals surface area contributed by atoms with Gasteiger partial charge in [-0.1, -0.05) is 133 Å². The van der Waals surface area contributed by atoms with Crippen LogP contribution in [0.15, 0.2) is 182 Å². The number of fused-ring (bicyclic) bond motifs is 11. The lowest BCUT2D eigenvalue weighted by Gasteiger charge is -2.14. The molecule has 0 bridgehead atoms. The van der Waals surface area contributed by atoms with Crippen molar-refractivity contribution in [2.75, 3.05) is 0 Å². The highest BCUT2D eigenvalue weighted by molar-refractivity contribution is 7.26. The summed E-state index contributed by atoms with van der Waals surface area (Å²) in [4.78, 5) is 21.1. The van der Waals surface area contributed by atoms with E-state index < -0.39 is 0 Å². The number of hydrogen-bond donors (Lipinski definition) is 0. The van der Waals surface area contributed by atoms with Crippen molar-refractivity contribution in [3.05, 3.63) is 182 Å². The van der Waals surface area contributed by atoms with Gasteiger partial charge in [-0.25, -0.2) is 9.97 Å². The number of rotatable bonds is 5. The van der Waals surface area contributed by atoms with Crippen LogP contribution in [0.2, 0.25) is 0 Å². The summed E-state index contributed by atoms with van der Waals surface area (Å²) in [5.41, 5.74) is 9.32. The van der Waals surface area contributed by atoms with Gasteiger partial charge in [0.25, 0.3) is 0 Å². The van der Waals surface area contributed by atoms with Gasteiger partial charge >= 0.3 is 0 Å². The summed E-state index contributed by atoms with van der Waals surface area (Å²) in [6.07, 6.45) is 0. The molecule has 0 saturated carbocycles. The Balaban J connectivity index is 1.14. The van der Waals surface area contributed by atoms with E-state index in [0.717, 1.165) is 76.5 Å². The van der Waals surface area contributed by atoms with Gasteiger partial charge in [0.1, 0.15) is 5.01 Å². The Labute approximate surface area is 350 Å². The minimum absolute atomic E-state index is 0.564. The molecule has 0 amide bonds. The van der Waals surface area contributed by atoms with E-state index in [2.05, 4.69) is 167 Å². The molecule has 6 nitrogen and oxygen atoms in total. The van der Waals surface area contributed by atoms with Crippen molar-refractivity contribution in [2.45, 2.75) is 0 Å². The van der Waals surface area contributed by atoms with E-state index in [1.165, 1.54) is 24.9 Å². The Morgan fingerprint density at radius 1 is 0.383 bits per heavy atom. The highest BCUT2D eigenvalue weighted by Gasteiger charge is 2.24. The summed E-state index contributed by atoms with van der Waals surface area (Å²) in [5, 5.41) is 7.94. The number of thiazole rings is 1. The average molecular weight is 803 g/mol. The van der Waals surface area contributed by atoms with Crippen molar-refractivity contribution in [3.63, 3.8) is 0 Å². The molecular formula is C52H30N6S2. The summed E-state index contributed by atoms with van der Waals surface area (Å²) >= 11 is 3.52. The molecule has 13 rings (SSSR count). The molecule has 5 heterocycles. The van der Waals surface area contributed by atoms with Crippen LogP contribution < -0.4 is 0 Å². The molecule has 0 aliphatic carbocycles. The van der Waals surface area contributed by atoms with Gasteiger partial charge in [0.2, 0.25) is 5.95 Å². The Morgan fingerprint density at radius 3 is 1.80 bits per heavy atom. The van der Waals surface area contributed by atoms with Gasteiger partial charge < -0.3 is 4.57 Å². The number of hydrogen-bond acceptors (Lipinski definition) is 6. The quantitative estimate of drug-likeness (QED) is 0.174. The largest absolute Gasteiger partial charge is 0.307 e. The normalized spacial score (nSPS) is 12.0. The van der Waals surface area contributed by atoms with Crippen LogP contribution in [-0.2, 0) is 0 Å². The van der Waals surface area contributed by atoms with Crippen LogP contribution >= 0.6 is 22.7 Å². The predicted octanol–water partition coefficient (Wildman–Crippen LogP) is 14.0. The Hall–Kier alpha value is -7.52. The standard InChI is InChI=1S/C52H30N6S2/c1-2-14-31(15-3-1)49-54-50(39-21-13-27-45-46(39)38-20-6-10-25-43(38)59-45)56-52(55-49)58-42-24-9-5-19-35(42)37-29-28-36-34-18-4-8-23-41(34)57(47(36)48(37)58)33-17-12-16-32(30-33)51-53-40-22-7-11-26-44(40)60-51/h1-30H. The van der Waals surface area contributed by atoms with Crippen LogP contribution in [0.25, 0.3) is 119 Å². The van der Waals surface area contributed by atoms with Gasteiger partial charge in [-0.15, -0.1) is 22.7 Å². The molecule has 8 heteroatoms. The third-order valence-corrected chi connectivity index (χ3v) is 13.8. The van der Waals surface area contributed by atoms with E-state index in [1.54, 1.807) is 22.7 Å². The molecule has 0 fully saturated rings. The number of aromatic nitrogens is 6. The molecule has 0 aliphatic rings. The van der Waals surface area contributed by atoms with Crippen LogP contribution in [0.5, 0.6) is 0 Å². The van der Waals surface area contributed by atoms with Gasteiger partial charge in [0.05, 0.1) is 32.3 Å². The fourth-order valence-corrected chi connectivity index (χ4v) is 11.1. The number of thiophene rings is 1. The number of benzene rings is 8. The van der Waals surface area contributed by atoms with Crippen LogP contribution in [-0.4, -0.2) is 29.1 Å². The molecule has 0 unspecified atom stereocenters. The lowest BCUT2D eigenvalue weighted by Crippen LogP contribution is -2.07. The number of para-hydroxylation sites is 3. The maximum absolute atomic E-state index is 5.48. The second kappa shape index (κ2) is 13.0. The first-order valence-corrected chi connectivity index (χ1v) is 21.5. The highest BCUT2D eigenvalue weighted by atomic mass is 32.1. The predicted molar refractivity (Wildman–Crippen MR) is 251 cm³/mol. The van der Waals surface area contributed by atoms with E-state index in [1.807, 2.05) is 24.3 Å². The monoisotopic (exact) mass is 802 g/mol. The van der Waals surface area contributed by atoms with Crippen molar-refractivity contribution in [1.29, 1.82) is 0 Å². The molecule has 5 aromatic heterocycles. The molecule has 60 heavy (non-hydrogen) atoms. The third-order valence-electron chi connectivity index (χ3n) is 11.6. The maximum Gasteiger partial charge on any atom is 0.238 e. The summed E-state index contributed by atoms with van der Waals surface area (Å²) in [6.45, 7) is 0. The molecule has 0 radical (unpaired) electrons. The van der Waals surface area contributed by atoms with Gasteiger partial charge in [0, 0.05) is 64.1 Å². The molecular weight excluding hydrogens is 773 g/mol. The van der Waals surface area contributed by atoms with Crippen LogP contribution in [0.4, 0.5) is 0 Å². The Morgan fingerprint density at radius 2 is 1.00 bits per heavy atom. The lowest BCUT2D eigenvalue weighted by molar-refractivity contribution is 0.954. The fourth-order valence-electron chi connectivity index (χ4n) is 9.01. The first-order chi connectivity index (χ1) is 29.7. The summed E-state index contributed by atoms with van der Waals surface area (Å²) in [7, 11) is 0. The smallest absolute Gasteiger partial charge is 0.238 e. The highest BCUT2D eigenvalue weighted by Crippen LogP contribution is 2.43. The van der Waals surface area contributed by atoms with E-state index in [9.17, 15) is 0 Å². The third kappa shape index (κ3) is 4.98. The minimum atomic E-state index is 0.564. The molecule has 0 aliphatic heterocycles. The first kappa shape index (κ1) is 33.5. The Bertz CT molecular complexity index is 3820. The van der Waals surface area contributed by atoms with Gasteiger partial charge in [-0.3, -0.25) is 4.57 Å². The van der Waals surface area contributed by atoms with Crippen molar-refractivity contribution >= 4 is 96.7 Å². The zero-order valence-corrected chi connectivity index (χ0v) is 33.5. The zero-order chi connectivity index (χ0) is 39.3. The first-order valence-electron chi connectivity index (χ1n) is 19.9. The van der Waals surface area contributed by atoms with E-state index >= 15 is 0 Å². The molecule has 13 aromatic rings. The van der Waals surface area contributed by atoms with Crippen LogP contribution in [0.1, 0.15) is 0 Å². The Kier molecular flexibility index (Phi) is 7.24. The van der Waals surface area contributed by atoms with Gasteiger partial charge in [-0.05, 0) is 48.5 Å². The summed E-state index contributed by atoms with van der Waals surface area (Å²) in [5.74, 6) is 1.82. The molecule has 0 N–H and O–H groups in total. The van der Waals surface area contributed by atoms with Crippen LogP contribution in [0.3, 0.4) is 0 Å². The van der Waals surface area contributed by atoms with Crippen molar-refractivity contribution in [3.8, 4) is 45.0 Å². The topological polar surface area (TPSA) is 61.4 Å². The van der Waals surface area contributed by atoms with Crippen molar-refractivity contribution in [1.82, 2.24) is 29.1 Å².